The van der Waals surface area contributed by atoms with Crippen LogP contribution in [0.1, 0.15) is 11.5 Å². The smallest absolute Gasteiger partial charge is 0.260 e. The largest absolute Gasteiger partial charge is 0.484 e. The van der Waals surface area contributed by atoms with E-state index in [1.54, 1.807) is 46.8 Å². The zero-order valence-corrected chi connectivity index (χ0v) is 20.9. The number of hydrogen-bond donors (Lipinski definition) is 0. The number of rotatable bonds is 9. The van der Waals surface area contributed by atoms with Crippen LogP contribution in [0.3, 0.4) is 0 Å². The standard InChI is InChI=1S/C26H21Cl2N3O3S/c27-19-5-3-18(4-6-19)24-15-31-21(17-35-26(31)29-24)11-12-30(14-23-2-1-13-33-23)25(32)16-34-22-9-7-20(28)8-10-22/h1-10,13,15,17H,11-12,14,16H2. The summed E-state index contributed by atoms with van der Waals surface area (Å²) in [7, 11) is 0. The number of imidazole rings is 1. The van der Waals surface area contributed by atoms with Gasteiger partial charge in [0.25, 0.3) is 5.91 Å². The van der Waals surface area contributed by atoms with E-state index in [1.807, 2.05) is 42.6 Å². The molecule has 0 aliphatic carbocycles. The molecule has 0 saturated carbocycles. The van der Waals surface area contributed by atoms with Gasteiger partial charge < -0.3 is 14.1 Å². The second-order valence-corrected chi connectivity index (χ2v) is 9.61. The van der Waals surface area contributed by atoms with Gasteiger partial charge in [-0.2, -0.15) is 0 Å². The van der Waals surface area contributed by atoms with Gasteiger partial charge in [0.2, 0.25) is 0 Å². The number of amides is 1. The van der Waals surface area contributed by atoms with Crippen LogP contribution in [-0.2, 0) is 17.8 Å². The van der Waals surface area contributed by atoms with Gasteiger partial charge in [0.1, 0.15) is 11.5 Å². The van der Waals surface area contributed by atoms with Crippen molar-refractivity contribution >= 4 is 45.4 Å². The van der Waals surface area contributed by atoms with E-state index in [0.717, 1.165) is 21.9 Å². The molecule has 0 bridgehead atoms. The maximum absolute atomic E-state index is 13.1. The molecule has 0 radical (unpaired) electrons. The molecule has 0 aliphatic heterocycles. The number of hydrogen-bond acceptors (Lipinski definition) is 5. The molecule has 0 spiro atoms. The van der Waals surface area contributed by atoms with Crippen LogP contribution in [0, 0.1) is 0 Å². The molecule has 0 saturated heterocycles. The molecule has 6 nitrogen and oxygen atoms in total. The van der Waals surface area contributed by atoms with Crippen LogP contribution in [0.15, 0.2) is 82.9 Å². The Balaban J connectivity index is 1.29. The van der Waals surface area contributed by atoms with Crippen molar-refractivity contribution in [2.45, 2.75) is 13.0 Å². The number of carbonyl (C=O) groups is 1. The summed E-state index contributed by atoms with van der Waals surface area (Å²) in [6.07, 6.45) is 4.28. The van der Waals surface area contributed by atoms with Crippen LogP contribution in [0.4, 0.5) is 0 Å². The lowest BCUT2D eigenvalue weighted by atomic mass is 10.2. The molecule has 2 aromatic carbocycles. The molecular weight excluding hydrogens is 505 g/mol. The summed E-state index contributed by atoms with van der Waals surface area (Å²) < 4.78 is 13.3. The summed E-state index contributed by atoms with van der Waals surface area (Å²) in [6, 6.07) is 18.2. The Labute approximate surface area is 216 Å². The van der Waals surface area contributed by atoms with Gasteiger partial charge in [-0.1, -0.05) is 35.3 Å². The predicted octanol–water partition coefficient (Wildman–Crippen LogP) is 6.61. The van der Waals surface area contributed by atoms with Crippen molar-refractivity contribution in [3.05, 3.63) is 100 Å². The van der Waals surface area contributed by atoms with E-state index in [1.165, 1.54) is 0 Å². The number of aromatic nitrogens is 2. The van der Waals surface area contributed by atoms with Crippen LogP contribution >= 0.6 is 34.5 Å². The highest BCUT2D eigenvalue weighted by Gasteiger charge is 2.18. The first-order chi connectivity index (χ1) is 17.0. The zero-order chi connectivity index (χ0) is 24.2. The third-order valence-electron chi connectivity index (χ3n) is 5.52. The van der Waals surface area contributed by atoms with Crippen LogP contribution in [0.2, 0.25) is 10.0 Å². The fourth-order valence-corrected chi connectivity index (χ4v) is 4.83. The highest BCUT2D eigenvalue weighted by Crippen LogP contribution is 2.25. The predicted molar refractivity (Wildman–Crippen MR) is 138 cm³/mol. The van der Waals surface area contributed by atoms with Crippen molar-refractivity contribution in [3.8, 4) is 17.0 Å². The van der Waals surface area contributed by atoms with Crippen molar-refractivity contribution in [1.82, 2.24) is 14.3 Å². The minimum atomic E-state index is -0.129. The molecule has 0 atom stereocenters. The Kier molecular flexibility index (Phi) is 7.08. The highest BCUT2D eigenvalue weighted by atomic mass is 35.5. The lowest BCUT2D eigenvalue weighted by Crippen LogP contribution is -2.36. The third-order valence-corrected chi connectivity index (χ3v) is 6.91. The van der Waals surface area contributed by atoms with Crippen LogP contribution < -0.4 is 4.74 Å². The summed E-state index contributed by atoms with van der Waals surface area (Å²) in [5.74, 6) is 1.18. The Morgan fingerprint density at radius 1 is 1.06 bits per heavy atom. The van der Waals surface area contributed by atoms with Gasteiger partial charge in [0.05, 0.1) is 18.5 Å². The van der Waals surface area contributed by atoms with Crippen molar-refractivity contribution < 1.29 is 13.9 Å². The van der Waals surface area contributed by atoms with Crippen molar-refractivity contribution in [3.63, 3.8) is 0 Å². The molecule has 5 rings (SSSR count). The molecule has 9 heteroatoms. The first-order valence-corrected chi connectivity index (χ1v) is 12.6. The Bertz CT molecular complexity index is 1410. The maximum atomic E-state index is 13.1. The highest BCUT2D eigenvalue weighted by molar-refractivity contribution is 7.15. The normalized spacial score (nSPS) is 11.1. The quantitative estimate of drug-likeness (QED) is 0.217. The van der Waals surface area contributed by atoms with E-state index in [-0.39, 0.29) is 12.5 Å². The van der Waals surface area contributed by atoms with Crippen molar-refractivity contribution in [2.75, 3.05) is 13.2 Å². The number of thiazole rings is 1. The average Bonchev–Trinajstić information content (AvgIpc) is 3.60. The SMILES string of the molecule is O=C(COc1ccc(Cl)cc1)N(CCc1csc2nc(-c3ccc(Cl)cc3)cn12)Cc1ccco1. The topological polar surface area (TPSA) is 60.0 Å². The van der Waals surface area contributed by atoms with E-state index >= 15 is 0 Å². The first kappa shape index (κ1) is 23.5. The van der Waals surface area contributed by atoms with Crippen molar-refractivity contribution in [2.24, 2.45) is 0 Å². The average molecular weight is 526 g/mol. The number of fused-ring (bicyclic) bond motifs is 1. The van der Waals surface area contributed by atoms with Crippen molar-refractivity contribution in [1.29, 1.82) is 0 Å². The molecule has 3 heterocycles. The Hall–Kier alpha value is -3.26. The molecule has 5 aromatic rings. The molecule has 178 valence electrons. The van der Waals surface area contributed by atoms with E-state index in [9.17, 15) is 4.79 Å². The minimum Gasteiger partial charge on any atom is -0.484 e. The number of furan rings is 1. The van der Waals surface area contributed by atoms with Gasteiger partial charge in [0.15, 0.2) is 11.6 Å². The van der Waals surface area contributed by atoms with Crippen LogP contribution in [0.25, 0.3) is 16.2 Å². The summed E-state index contributed by atoms with van der Waals surface area (Å²) in [6.45, 7) is 0.792. The van der Waals surface area contributed by atoms with E-state index in [0.29, 0.717) is 41.1 Å². The molecule has 0 N–H and O–H groups in total. The molecular formula is C26H21Cl2N3O3S. The fraction of sp³-hybridized carbons (Fsp3) is 0.154. The fourth-order valence-electron chi connectivity index (χ4n) is 3.67. The number of benzene rings is 2. The lowest BCUT2D eigenvalue weighted by Gasteiger charge is -2.22. The van der Waals surface area contributed by atoms with Crippen LogP contribution in [-0.4, -0.2) is 33.3 Å². The Morgan fingerprint density at radius 2 is 1.80 bits per heavy atom. The van der Waals surface area contributed by atoms with Crippen LogP contribution in [0.5, 0.6) is 5.75 Å². The summed E-state index contributed by atoms with van der Waals surface area (Å²) in [5.41, 5.74) is 2.97. The molecule has 35 heavy (non-hydrogen) atoms. The lowest BCUT2D eigenvalue weighted by molar-refractivity contribution is -0.134. The van der Waals surface area contributed by atoms with Gasteiger partial charge in [0, 0.05) is 45.8 Å². The second kappa shape index (κ2) is 10.6. The minimum absolute atomic E-state index is 0.0762. The zero-order valence-electron chi connectivity index (χ0n) is 18.6. The van der Waals surface area contributed by atoms with Gasteiger partial charge in [-0.3, -0.25) is 9.20 Å². The monoisotopic (exact) mass is 525 g/mol. The summed E-state index contributed by atoms with van der Waals surface area (Å²) in [5, 5.41) is 3.38. The summed E-state index contributed by atoms with van der Waals surface area (Å²) in [4.78, 5) is 20.4. The molecule has 3 aromatic heterocycles. The number of carbonyl (C=O) groups excluding carboxylic acids is 1. The second-order valence-electron chi connectivity index (χ2n) is 7.90. The van der Waals surface area contributed by atoms with Gasteiger partial charge in [-0.05, 0) is 48.5 Å². The molecule has 0 fully saturated rings. The first-order valence-electron chi connectivity index (χ1n) is 10.9. The molecule has 0 aliphatic rings. The van der Waals surface area contributed by atoms with E-state index in [2.05, 4.69) is 9.78 Å². The van der Waals surface area contributed by atoms with E-state index in [4.69, 9.17) is 37.3 Å². The van der Waals surface area contributed by atoms with Gasteiger partial charge in [-0.15, -0.1) is 11.3 Å². The summed E-state index contributed by atoms with van der Waals surface area (Å²) >= 11 is 13.5. The number of nitrogens with zero attached hydrogens (tertiary/aromatic N) is 3. The molecule has 1 amide bonds. The maximum Gasteiger partial charge on any atom is 0.260 e. The molecule has 0 unspecified atom stereocenters. The Morgan fingerprint density at radius 3 is 2.51 bits per heavy atom. The number of halogens is 2. The van der Waals surface area contributed by atoms with E-state index < -0.39 is 0 Å². The third kappa shape index (κ3) is 5.70. The van der Waals surface area contributed by atoms with Gasteiger partial charge in [-0.25, -0.2) is 4.98 Å². The number of ether oxygens (including phenoxy) is 1. The van der Waals surface area contributed by atoms with Gasteiger partial charge >= 0.3 is 0 Å².